The molecule has 0 aliphatic carbocycles. The van der Waals surface area contributed by atoms with Crippen LogP contribution >= 0.6 is 22.9 Å². The zero-order valence-electron chi connectivity index (χ0n) is 8.81. The molecule has 0 amide bonds. The third-order valence-electron chi connectivity index (χ3n) is 2.23. The quantitative estimate of drug-likeness (QED) is 0.895. The lowest BCUT2D eigenvalue weighted by Gasteiger charge is -2.10. The second kappa shape index (κ2) is 5.43. The summed E-state index contributed by atoms with van der Waals surface area (Å²) < 4.78 is 5.48. The number of thiophene rings is 1. The van der Waals surface area contributed by atoms with Crippen LogP contribution < -0.4 is 5.32 Å². The fraction of sp³-hybridized carbons (Fsp3) is 0.400. The van der Waals surface area contributed by atoms with Crippen molar-refractivity contribution in [1.29, 1.82) is 0 Å². The third-order valence-corrected chi connectivity index (χ3v) is 3.64. The van der Waals surface area contributed by atoms with Gasteiger partial charge < -0.3 is 9.84 Å². The SMILES string of the molecule is CC(NCCc1ncon1)c1ccc(Cl)s1. The molecule has 86 valence electrons. The second-order valence-corrected chi connectivity index (χ2v) is 5.16. The topological polar surface area (TPSA) is 51.0 Å². The lowest BCUT2D eigenvalue weighted by molar-refractivity contribution is 0.408. The van der Waals surface area contributed by atoms with Crippen LogP contribution in [0.4, 0.5) is 0 Å². The average Bonchev–Trinajstić information content (AvgIpc) is 2.89. The molecule has 4 nitrogen and oxygen atoms in total. The summed E-state index contributed by atoms with van der Waals surface area (Å²) in [7, 11) is 0. The van der Waals surface area contributed by atoms with E-state index in [0.29, 0.717) is 6.04 Å². The van der Waals surface area contributed by atoms with Gasteiger partial charge >= 0.3 is 0 Å². The van der Waals surface area contributed by atoms with E-state index in [1.165, 1.54) is 11.3 Å². The van der Waals surface area contributed by atoms with Crippen LogP contribution in [0.15, 0.2) is 23.0 Å². The maximum absolute atomic E-state index is 5.88. The van der Waals surface area contributed by atoms with Gasteiger partial charge in [0.1, 0.15) is 0 Å². The first-order valence-corrected chi connectivity index (χ1v) is 6.19. The van der Waals surface area contributed by atoms with Crippen LogP contribution in [0.5, 0.6) is 0 Å². The number of rotatable bonds is 5. The van der Waals surface area contributed by atoms with Gasteiger partial charge in [0.05, 0.1) is 4.34 Å². The molecule has 0 aliphatic rings. The van der Waals surface area contributed by atoms with Crippen molar-refractivity contribution in [2.24, 2.45) is 0 Å². The maximum atomic E-state index is 5.88. The van der Waals surface area contributed by atoms with Crippen LogP contribution in [-0.4, -0.2) is 16.7 Å². The van der Waals surface area contributed by atoms with Crippen LogP contribution in [0.25, 0.3) is 0 Å². The van der Waals surface area contributed by atoms with Gasteiger partial charge in [0.2, 0.25) is 6.39 Å². The molecule has 1 N–H and O–H groups in total. The number of hydrogen-bond donors (Lipinski definition) is 1. The predicted molar refractivity (Wildman–Crippen MR) is 63.7 cm³/mol. The number of aromatic nitrogens is 2. The largest absolute Gasteiger partial charge is 0.343 e. The minimum atomic E-state index is 0.296. The van der Waals surface area contributed by atoms with Crippen molar-refractivity contribution in [3.63, 3.8) is 0 Å². The molecular formula is C10H12ClN3OS. The van der Waals surface area contributed by atoms with Crippen molar-refractivity contribution in [2.75, 3.05) is 6.54 Å². The standard InChI is InChI=1S/C10H12ClN3OS/c1-7(8-2-3-9(11)16-8)12-5-4-10-13-6-15-14-10/h2-3,6-7,12H,4-5H2,1H3. The smallest absolute Gasteiger partial charge is 0.213 e. The molecule has 0 aromatic carbocycles. The Morgan fingerprint density at radius 1 is 1.56 bits per heavy atom. The molecule has 1 atom stereocenters. The van der Waals surface area contributed by atoms with E-state index in [0.717, 1.165) is 23.1 Å². The molecule has 0 fully saturated rings. The molecule has 0 saturated carbocycles. The highest BCUT2D eigenvalue weighted by atomic mass is 35.5. The van der Waals surface area contributed by atoms with Crippen molar-refractivity contribution in [1.82, 2.24) is 15.5 Å². The zero-order valence-corrected chi connectivity index (χ0v) is 10.4. The Labute approximate surface area is 103 Å². The molecule has 16 heavy (non-hydrogen) atoms. The summed E-state index contributed by atoms with van der Waals surface area (Å²) in [6, 6.07) is 4.25. The van der Waals surface area contributed by atoms with Crippen molar-refractivity contribution in [3.05, 3.63) is 33.6 Å². The van der Waals surface area contributed by atoms with E-state index in [9.17, 15) is 0 Å². The molecule has 2 aromatic heterocycles. The molecule has 2 aromatic rings. The number of halogens is 1. The first kappa shape index (κ1) is 11.6. The van der Waals surface area contributed by atoms with Gasteiger partial charge in [0, 0.05) is 23.9 Å². The maximum Gasteiger partial charge on any atom is 0.213 e. The van der Waals surface area contributed by atoms with Crippen LogP contribution in [0.3, 0.4) is 0 Å². The predicted octanol–water partition coefficient (Wildman–Crippen LogP) is 2.68. The van der Waals surface area contributed by atoms with E-state index in [2.05, 4.69) is 26.9 Å². The molecular weight excluding hydrogens is 246 g/mol. The highest BCUT2D eigenvalue weighted by Gasteiger charge is 2.07. The van der Waals surface area contributed by atoms with Gasteiger partial charge in [-0.05, 0) is 19.1 Å². The van der Waals surface area contributed by atoms with Gasteiger partial charge in [-0.1, -0.05) is 16.8 Å². The zero-order chi connectivity index (χ0) is 11.4. The van der Waals surface area contributed by atoms with E-state index in [1.54, 1.807) is 11.3 Å². The fourth-order valence-corrected chi connectivity index (χ4v) is 2.45. The Morgan fingerprint density at radius 2 is 2.44 bits per heavy atom. The van der Waals surface area contributed by atoms with Crippen molar-refractivity contribution in [3.8, 4) is 0 Å². The van der Waals surface area contributed by atoms with E-state index >= 15 is 0 Å². The Morgan fingerprint density at radius 3 is 3.06 bits per heavy atom. The summed E-state index contributed by atoms with van der Waals surface area (Å²) in [6.45, 7) is 2.93. The summed E-state index contributed by atoms with van der Waals surface area (Å²) in [5.74, 6) is 0.726. The molecule has 2 rings (SSSR count). The Hall–Kier alpha value is -0.910. The Bertz CT molecular complexity index is 429. The van der Waals surface area contributed by atoms with Crippen LogP contribution in [0.2, 0.25) is 4.34 Å². The Balaban J connectivity index is 1.78. The summed E-state index contributed by atoms with van der Waals surface area (Å²) in [6.07, 6.45) is 2.11. The van der Waals surface area contributed by atoms with Crippen molar-refractivity contribution >= 4 is 22.9 Å². The van der Waals surface area contributed by atoms with Crippen LogP contribution in [-0.2, 0) is 6.42 Å². The number of nitrogens with zero attached hydrogens (tertiary/aromatic N) is 2. The van der Waals surface area contributed by atoms with E-state index < -0.39 is 0 Å². The normalized spacial score (nSPS) is 12.9. The molecule has 0 radical (unpaired) electrons. The summed E-state index contributed by atoms with van der Waals surface area (Å²) in [5, 5.41) is 7.13. The van der Waals surface area contributed by atoms with Gasteiger partial charge in [-0.3, -0.25) is 0 Å². The Kier molecular flexibility index (Phi) is 3.93. The van der Waals surface area contributed by atoms with Crippen LogP contribution in [0, 0.1) is 0 Å². The lowest BCUT2D eigenvalue weighted by Crippen LogP contribution is -2.20. The van der Waals surface area contributed by atoms with Gasteiger partial charge in [0.25, 0.3) is 0 Å². The van der Waals surface area contributed by atoms with Crippen molar-refractivity contribution < 1.29 is 4.52 Å². The summed E-state index contributed by atoms with van der Waals surface area (Å²) in [5.41, 5.74) is 0. The first-order chi connectivity index (χ1) is 7.75. The monoisotopic (exact) mass is 257 g/mol. The molecule has 0 bridgehead atoms. The minimum Gasteiger partial charge on any atom is -0.343 e. The minimum absolute atomic E-state index is 0.296. The van der Waals surface area contributed by atoms with E-state index in [4.69, 9.17) is 11.6 Å². The molecule has 0 aliphatic heterocycles. The van der Waals surface area contributed by atoms with Gasteiger partial charge in [-0.2, -0.15) is 4.98 Å². The average molecular weight is 258 g/mol. The molecule has 2 heterocycles. The number of nitrogens with one attached hydrogen (secondary N) is 1. The highest BCUT2D eigenvalue weighted by molar-refractivity contribution is 7.16. The van der Waals surface area contributed by atoms with E-state index in [-0.39, 0.29) is 0 Å². The fourth-order valence-electron chi connectivity index (χ4n) is 1.36. The molecule has 0 saturated heterocycles. The highest BCUT2D eigenvalue weighted by Crippen LogP contribution is 2.26. The summed E-state index contributed by atoms with van der Waals surface area (Å²) >= 11 is 7.48. The summed E-state index contributed by atoms with van der Waals surface area (Å²) in [4.78, 5) is 5.19. The molecule has 6 heteroatoms. The second-order valence-electron chi connectivity index (χ2n) is 3.42. The lowest BCUT2D eigenvalue weighted by atomic mass is 10.2. The third kappa shape index (κ3) is 3.04. The van der Waals surface area contributed by atoms with E-state index in [1.807, 2.05) is 12.1 Å². The molecule has 0 spiro atoms. The van der Waals surface area contributed by atoms with Gasteiger partial charge in [-0.15, -0.1) is 11.3 Å². The number of hydrogen-bond acceptors (Lipinski definition) is 5. The van der Waals surface area contributed by atoms with Gasteiger partial charge in [0.15, 0.2) is 5.82 Å². The van der Waals surface area contributed by atoms with Gasteiger partial charge in [-0.25, -0.2) is 0 Å². The first-order valence-electron chi connectivity index (χ1n) is 4.99. The van der Waals surface area contributed by atoms with Crippen LogP contribution in [0.1, 0.15) is 23.7 Å². The van der Waals surface area contributed by atoms with Crippen molar-refractivity contribution in [2.45, 2.75) is 19.4 Å². The molecule has 1 unspecified atom stereocenters.